The van der Waals surface area contributed by atoms with Crippen LogP contribution in [0.4, 0.5) is 15.8 Å². The predicted octanol–water partition coefficient (Wildman–Crippen LogP) is 3.89. The van der Waals surface area contributed by atoms with Crippen LogP contribution in [0.15, 0.2) is 48.8 Å². The molecule has 1 N–H and O–H groups in total. The molecule has 1 amide bonds. The number of nitrogens with one attached hydrogen (secondary N) is 1. The topological polar surface area (TPSA) is 49.6 Å². The Morgan fingerprint density at radius 1 is 1.15 bits per heavy atom. The molecule has 0 aliphatic carbocycles. The van der Waals surface area contributed by atoms with Gasteiger partial charge in [0.1, 0.15) is 11.5 Å². The van der Waals surface area contributed by atoms with Gasteiger partial charge in [0.2, 0.25) is 5.91 Å². The molecule has 1 aliphatic heterocycles. The number of pyridine rings is 1. The van der Waals surface area contributed by atoms with Crippen molar-refractivity contribution in [2.45, 2.75) is 26.2 Å². The van der Waals surface area contributed by atoms with Crippen molar-refractivity contribution in [3.05, 3.63) is 60.3 Å². The number of amides is 1. The second kappa shape index (κ2) is 7.39. The summed E-state index contributed by atoms with van der Waals surface area (Å²) < 4.78 is 14.8. The number of fused-ring (bicyclic) bond motifs is 1. The molecule has 0 saturated carbocycles. The van der Waals surface area contributed by atoms with Gasteiger partial charge in [-0.25, -0.2) is 9.37 Å². The highest BCUT2D eigenvalue weighted by molar-refractivity contribution is 5.92. The molecule has 140 valence electrons. The van der Waals surface area contributed by atoms with Crippen LogP contribution in [0.2, 0.25) is 0 Å². The van der Waals surface area contributed by atoms with E-state index in [-0.39, 0.29) is 18.1 Å². The van der Waals surface area contributed by atoms with Gasteiger partial charge >= 0.3 is 0 Å². The van der Waals surface area contributed by atoms with Gasteiger partial charge in [0.05, 0.1) is 12.1 Å². The molecular formula is C21H23FN4O. The number of aromatic nitrogens is 2. The maximum atomic E-state index is 13.3. The van der Waals surface area contributed by atoms with Gasteiger partial charge in [0.15, 0.2) is 0 Å². The number of carbonyl (C=O) groups is 1. The van der Waals surface area contributed by atoms with E-state index in [0.717, 1.165) is 24.7 Å². The first-order chi connectivity index (χ1) is 13.1. The normalized spacial score (nSPS) is 15.3. The summed E-state index contributed by atoms with van der Waals surface area (Å²) in [4.78, 5) is 19.0. The van der Waals surface area contributed by atoms with Crippen LogP contribution in [0.1, 0.15) is 25.5 Å². The van der Waals surface area contributed by atoms with E-state index in [2.05, 4.69) is 34.3 Å². The third-order valence-corrected chi connectivity index (χ3v) is 5.11. The fraction of sp³-hybridized carbons (Fsp3) is 0.333. The Bertz CT molecular complexity index is 942. The highest BCUT2D eigenvalue weighted by Crippen LogP contribution is 2.24. The van der Waals surface area contributed by atoms with Crippen molar-refractivity contribution in [3.8, 4) is 0 Å². The van der Waals surface area contributed by atoms with Gasteiger partial charge in [-0.3, -0.25) is 4.79 Å². The average molecular weight is 366 g/mol. The molecule has 5 nitrogen and oxygen atoms in total. The number of hydrogen-bond donors (Lipinski definition) is 1. The number of hydrogen-bond acceptors (Lipinski definition) is 3. The molecule has 1 aromatic carbocycles. The first kappa shape index (κ1) is 17.5. The summed E-state index contributed by atoms with van der Waals surface area (Å²) in [7, 11) is 0. The van der Waals surface area contributed by atoms with E-state index >= 15 is 0 Å². The molecule has 6 heteroatoms. The van der Waals surface area contributed by atoms with Crippen LogP contribution in [0.5, 0.6) is 0 Å². The number of halogens is 1. The zero-order chi connectivity index (χ0) is 18.8. The Morgan fingerprint density at radius 2 is 1.89 bits per heavy atom. The number of nitrogens with zero attached hydrogens (tertiary/aromatic N) is 3. The molecule has 3 heterocycles. The standard InChI is InChI=1S/C21H23FN4O/c1-15-8-10-25(11-9-15)19-5-3-17(4-6-19)24-21(27)12-18-14-26-13-16(22)2-7-20(26)23-18/h2-7,13-15H,8-12H2,1H3,(H,24,27). The number of rotatable bonds is 4. The largest absolute Gasteiger partial charge is 0.372 e. The van der Waals surface area contributed by atoms with Gasteiger partial charge < -0.3 is 14.6 Å². The molecule has 3 aromatic rings. The summed E-state index contributed by atoms with van der Waals surface area (Å²) in [5.41, 5.74) is 3.20. The molecule has 0 radical (unpaired) electrons. The van der Waals surface area contributed by atoms with Crippen molar-refractivity contribution in [2.24, 2.45) is 5.92 Å². The number of benzene rings is 1. The van der Waals surface area contributed by atoms with Crippen LogP contribution in [0, 0.1) is 11.7 Å². The van der Waals surface area contributed by atoms with Crippen molar-refractivity contribution < 1.29 is 9.18 Å². The van der Waals surface area contributed by atoms with Crippen molar-refractivity contribution >= 4 is 22.9 Å². The summed E-state index contributed by atoms with van der Waals surface area (Å²) in [5.74, 6) is 0.327. The van der Waals surface area contributed by atoms with E-state index < -0.39 is 0 Å². The Labute approximate surface area is 157 Å². The van der Waals surface area contributed by atoms with Crippen molar-refractivity contribution in [1.82, 2.24) is 9.38 Å². The molecular weight excluding hydrogens is 343 g/mol. The quantitative estimate of drug-likeness (QED) is 0.762. The zero-order valence-corrected chi connectivity index (χ0v) is 15.4. The Kier molecular flexibility index (Phi) is 4.79. The fourth-order valence-electron chi connectivity index (χ4n) is 3.49. The molecule has 0 atom stereocenters. The maximum Gasteiger partial charge on any atom is 0.230 e. The molecule has 0 unspecified atom stereocenters. The van der Waals surface area contributed by atoms with Crippen LogP contribution in [-0.4, -0.2) is 28.4 Å². The number of imidazole rings is 1. The second-order valence-corrected chi connectivity index (χ2v) is 7.29. The average Bonchev–Trinajstić information content (AvgIpc) is 3.04. The smallest absolute Gasteiger partial charge is 0.230 e. The lowest BCUT2D eigenvalue weighted by atomic mass is 9.99. The Hall–Kier alpha value is -2.89. The van der Waals surface area contributed by atoms with Gasteiger partial charge in [-0.2, -0.15) is 0 Å². The van der Waals surface area contributed by atoms with E-state index in [4.69, 9.17) is 0 Å². The zero-order valence-electron chi connectivity index (χ0n) is 15.4. The molecule has 0 spiro atoms. The van der Waals surface area contributed by atoms with Crippen molar-refractivity contribution in [1.29, 1.82) is 0 Å². The highest BCUT2D eigenvalue weighted by Gasteiger charge is 2.16. The summed E-state index contributed by atoms with van der Waals surface area (Å²) in [6, 6.07) is 10.9. The number of anilines is 2. The lowest BCUT2D eigenvalue weighted by Gasteiger charge is -2.32. The summed E-state index contributed by atoms with van der Waals surface area (Å²) >= 11 is 0. The number of carbonyl (C=O) groups excluding carboxylic acids is 1. The van der Waals surface area contributed by atoms with Crippen LogP contribution in [0.3, 0.4) is 0 Å². The molecule has 0 bridgehead atoms. The van der Waals surface area contributed by atoms with E-state index in [1.807, 2.05) is 12.1 Å². The molecule has 1 fully saturated rings. The van der Waals surface area contributed by atoms with E-state index in [1.54, 1.807) is 16.7 Å². The molecule has 27 heavy (non-hydrogen) atoms. The van der Waals surface area contributed by atoms with Gasteiger partial charge in [0.25, 0.3) is 0 Å². The summed E-state index contributed by atoms with van der Waals surface area (Å²) in [6.45, 7) is 4.47. The summed E-state index contributed by atoms with van der Waals surface area (Å²) in [5, 5.41) is 2.90. The minimum absolute atomic E-state index is 0.140. The molecule has 2 aromatic heterocycles. The first-order valence-electron chi connectivity index (χ1n) is 9.35. The lowest BCUT2D eigenvalue weighted by Crippen LogP contribution is -2.32. The predicted molar refractivity (Wildman–Crippen MR) is 105 cm³/mol. The third-order valence-electron chi connectivity index (χ3n) is 5.11. The van der Waals surface area contributed by atoms with E-state index in [9.17, 15) is 9.18 Å². The minimum Gasteiger partial charge on any atom is -0.372 e. The number of piperidine rings is 1. The van der Waals surface area contributed by atoms with Crippen LogP contribution < -0.4 is 10.2 Å². The van der Waals surface area contributed by atoms with Gasteiger partial charge in [-0.15, -0.1) is 0 Å². The van der Waals surface area contributed by atoms with Crippen molar-refractivity contribution in [3.63, 3.8) is 0 Å². The monoisotopic (exact) mass is 366 g/mol. The van der Waals surface area contributed by atoms with Gasteiger partial charge in [-0.1, -0.05) is 6.92 Å². The van der Waals surface area contributed by atoms with E-state index in [1.165, 1.54) is 30.8 Å². The van der Waals surface area contributed by atoms with Crippen LogP contribution in [-0.2, 0) is 11.2 Å². The van der Waals surface area contributed by atoms with Crippen molar-refractivity contribution in [2.75, 3.05) is 23.3 Å². The minimum atomic E-state index is -0.334. The highest BCUT2D eigenvalue weighted by atomic mass is 19.1. The lowest BCUT2D eigenvalue weighted by molar-refractivity contribution is -0.115. The first-order valence-corrected chi connectivity index (χ1v) is 9.35. The maximum absolute atomic E-state index is 13.3. The second-order valence-electron chi connectivity index (χ2n) is 7.29. The SMILES string of the molecule is CC1CCN(c2ccc(NC(=O)Cc3cn4cc(F)ccc4n3)cc2)CC1. The van der Waals surface area contributed by atoms with Crippen LogP contribution in [0.25, 0.3) is 5.65 Å². The third kappa shape index (κ3) is 4.10. The molecule has 1 aliphatic rings. The fourth-order valence-corrected chi connectivity index (χ4v) is 3.49. The Balaban J connectivity index is 1.37. The Morgan fingerprint density at radius 3 is 2.63 bits per heavy atom. The van der Waals surface area contributed by atoms with Gasteiger partial charge in [-0.05, 0) is 55.2 Å². The summed E-state index contributed by atoms with van der Waals surface area (Å²) in [6.07, 6.45) is 5.63. The molecule has 4 rings (SSSR count). The van der Waals surface area contributed by atoms with E-state index in [0.29, 0.717) is 11.3 Å². The van der Waals surface area contributed by atoms with Crippen LogP contribution >= 0.6 is 0 Å². The van der Waals surface area contributed by atoms with Gasteiger partial charge in [0, 0.05) is 36.9 Å². The molecule has 1 saturated heterocycles.